The van der Waals surface area contributed by atoms with Crippen LogP contribution in [0.4, 0.5) is 0 Å². The number of aliphatic hydroxyl groups is 2. The summed E-state index contributed by atoms with van der Waals surface area (Å²) in [6, 6.07) is 0. The Bertz CT molecular complexity index is 331. The van der Waals surface area contributed by atoms with Gasteiger partial charge in [-0.2, -0.15) is 0 Å². The van der Waals surface area contributed by atoms with Gasteiger partial charge in [-0.1, -0.05) is 76.2 Å². The highest BCUT2D eigenvalue weighted by atomic mass is 16.3. The summed E-state index contributed by atoms with van der Waals surface area (Å²) in [7, 11) is 0. The standard InChI is InChI=1S/C22H40O2/c1-3-5-7-8-9-10-11-15-19-22(24)21(17-13-6-4-2)18-14-12-16-20-23/h3,12,14,17,22-24H,1,4-11,13,15-16,18-20H2,2H3/b14-12+,21-17-. The second-order valence-corrected chi connectivity index (χ2v) is 6.61. The molecule has 0 aromatic rings. The zero-order valence-electron chi connectivity index (χ0n) is 15.9. The lowest BCUT2D eigenvalue weighted by molar-refractivity contribution is 0.193. The molecule has 2 N–H and O–H groups in total. The van der Waals surface area contributed by atoms with Crippen LogP contribution < -0.4 is 0 Å². The molecule has 0 saturated carbocycles. The second-order valence-electron chi connectivity index (χ2n) is 6.61. The molecular weight excluding hydrogens is 296 g/mol. The lowest BCUT2D eigenvalue weighted by Crippen LogP contribution is -2.10. The molecule has 0 radical (unpaired) electrons. The van der Waals surface area contributed by atoms with E-state index in [1.54, 1.807) is 0 Å². The van der Waals surface area contributed by atoms with Gasteiger partial charge in [-0.15, -0.1) is 6.58 Å². The Morgan fingerprint density at radius 2 is 1.62 bits per heavy atom. The lowest BCUT2D eigenvalue weighted by atomic mass is 9.98. The van der Waals surface area contributed by atoms with Crippen LogP contribution in [-0.2, 0) is 0 Å². The molecule has 0 amide bonds. The van der Waals surface area contributed by atoms with Crippen molar-refractivity contribution in [1.82, 2.24) is 0 Å². The lowest BCUT2D eigenvalue weighted by Gasteiger charge is -2.14. The van der Waals surface area contributed by atoms with E-state index >= 15 is 0 Å². The third-order valence-electron chi connectivity index (χ3n) is 4.34. The highest BCUT2D eigenvalue weighted by Crippen LogP contribution is 2.18. The van der Waals surface area contributed by atoms with Gasteiger partial charge in [0.2, 0.25) is 0 Å². The molecule has 0 heterocycles. The Hall–Kier alpha value is -0.860. The first-order chi connectivity index (χ1) is 11.8. The summed E-state index contributed by atoms with van der Waals surface area (Å²) in [6.07, 6.45) is 22.4. The van der Waals surface area contributed by atoms with Crippen LogP contribution >= 0.6 is 0 Å². The van der Waals surface area contributed by atoms with Gasteiger partial charge in [-0.05, 0) is 44.1 Å². The van der Waals surface area contributed by atoms with Crippen LogP contribution in [0.15, 0.2) is 36.5 Å². The van der Waals surface area contributed by atoms with Crippen molar-refractivity contribution in [2.24, 2.45) is 0 Å². The first kappa shape index (κ1) is 23.1. The highest BCUT2D eigenvalue weighted by molar-refractivity contribution is 5.12. The van der Waals surface area contributed by atoms with E-state index in [9.17, 15) is 5.11 Å². The average Bonchev–Trinajstić information content (AvgIpc) is 2.59. The molecule has 0 aromatic heterocycles. The van der Waals surface area contributed by atoms with E-state index in [4.69, 9.17) is 5.11 Å². The zero-order chi connectivity index (χ0) is 17.9. The fourth-order valence-corrected chi connectivity index (χ4v) is 2.78. The van der Waals surface area contributed by atoms with Gasteiger partial charge in [-0.3, -0.25) is 0 Å². The van der Waals surface area contributed by atoms with Crippen molar-refractivity contribution < 1.29 is 10.2 Å². The van der Waals surface area contributed by atoms with Crippen molar-refractivity contribution in [2.75, 3.05) is 6.61 Å². The van der Waals surface area contributed by atoms with Crippen molar-refractivity contribution in [3.05, 3.63) is 36.5 Å². The van der Waals surface area contributed by atoms with Crippen LogP contribution in [0.3, 0.4) is 0 Å². The summed E-state index contributed by atoms with van der Waals surface area (Å²) in [5.41, 5.74) is 1.16. The van der Waals surface area contributed by atoms with E-state index < -0.39 is 0 Å². The van der Waals surface area contributed by atoms with E-state index in [2.05, 4.69) is 25.7 Å². The van der Waals surface area contributed by atoms with Crippen molar-refractivity contribution >= 4 is 0 Å². The van der Waals surface area contributed by atoms with Crippen LogP contribution in [0.2, 0.25) is 0 Å². The number of hydrogen-bond donors (Lipinski definition) is 2. The second kappa shape index (κ2) is 18.5. The minimum Gasteiger partial charge on any atom is -0.396 e. The van der Waals surface area contributed by atoms with Gasteiger partial charge < -0.3 is 10.2 Å². The van der Waals surface area contributed by atoms with Gasteiger partial charge >= 0.3 is 0 Å². The molecule has 0 aliphatic heterocycles. The Morgan fingerprint density at radius 1 is 0.917 bits per heavy atom. The smallest absolute Gasteiger partial charge is 0.0753 e. The molecule has 0 fully saturated rings. The summed E-state index contributed by atoms with van der Waals surface area (Å²) < 4.78 is 0. The first-order valence-electron chi connectivity index (χ1n) is 10.00. The van der Waals surface area contributed by atoms with E-state index in [-0.39, 0.29) is 12.7 Å². The normalized spacial score (nSPS) is 13.5. The van der Waals surface area contributed by atoms with Crippen LogP contribution in [0, 0.1) is 0 Å². The third kappa shape index (κ3) is 14.7. The molecule has 1 unspecified atom stereocenters. The van der Waals surface area contributed by atoms with Gasteiger partial charge in [0.1, 0.15) is 0 Å². The molecule has 0 saturated heterocycles. The monoisotopic (exact) mass is 336 g/mol. The van der Waals surface area contributed by atoms with Crippen molar-refractivity contribution in [3.63, 3.8) is 0 Å². The minimum absolute atomic E-state index is 0.195. The Balaban J connectivity index is 4.02. The molecule has 0 aromatic carbocycles. The molecule has 0 aliphatic carbocycles. The SMILES string of the molecule is C=CCCCCCCCCC(O)/C(=C\CCCC)C/C=C/CCO. The van der Waals surface area contributed by atoms with Crippen molar-refractivity contribution in [2.45, 2.75) is 96.5 Å². The summed E-state index contributed by atoms with van der Waals surface area (Å²) >= 11 is 0. The van der Waals surface area contributed by atoms with Gasteiger partial charge in [0, 0.05) is 6.61 Å². The van der Waals surface area contributed by atoms with Crippen LogP contribution in [0.5, 0.6) is 0 Å². The molecule has 2 heteroatoms. The van der Waals surface area contributed by atoms with Crippen molar-refractivity contribution in [1.29, 1.82) is 0 Å². The summed E-state index contributed by atoms with van der Waals surface area (Å²) in [5, 5.41) is 19.3. The number of allylic oxidation sites excluding steroid dienone is 3. The van der Waals surface area contributed by atoms with Crippen LogP contribution in [0.1, 0.15) is 90.4 Å². The van der Waals surface area contributed by atoms with E-state index in [1.807, 2.05) is 12.2 Å². The molecule has 2 nitrogen and oxygen atoms in total. The van der Waals surface area contributed by atoms with Crippen LogP contribution in [0.25, 0.3) is 0 Å². The summed E-state index contributed by atoms with van der Waals surface area (Å²) in [6.45, 7) is 6.14. The summed E-state index contributed by atoms with van der Waals surface area (Å²) in [5.74, 6) is 0. The molecule has 0 spiro atoms. The molecule has 140 valence electrons. The molecular formula is C22H40O2. The van der Waals surface area contributed by atoms with Crippen LogP contribution in [-0.4, -0.2) is 22.9 Å². The number of hydrogen-bond acceptors (Lipinski definition) is 2. The van der Waals surface area contributed by atoms with E-state index in [0.717, 1.165) is 37.7 Å². The topological polar surface area (TPSA) is 40.5 Å². The third-order valence-corrected chi connectivity index (χ3v) is 4.34. The van der Waals surface area contributed by atoms with Gasteiger partial charge in [-0.25, -0.2) is 0 Å². The minimum atomic E-state index is -0.304. The molecule has 0 bridgehead atoms. The quantitative estimate of drug-likeness (QED) is 0.249. The number of aliphatic hydroxyl groups excluding tert-OH is 2. The Morgan fingerprint density at radius 3 is 2.29 bits per heavy atom. The first-order valence-corrected chi connectivity index (χ1v) is 10.00. The predicted molar refractivity (Wildman–Crippen MR) is 106 cm³/mol. The van der Waals surface area contributed by atoms with Gasteiger partial charge in [0.05, 0.1) is 6.10 Å². The van der Waals surface area contributed by atoms with Gasteiger partial charge in [0.15, 0.2) is 0 Å². The number of rotatable bonds is 17. The average molecular weight is 337 g/mol. The molecule has 0 rings (SSSR count). The molecule has 24 heavy (non-hydrogen) atoms. The maximum Gasteiger partial charge on any atom is 0.0753 e. The predicted octanol–water partition coefficient (Wildman–Crippen LogP) is 6.10. The fourth-order valence-electron chi connectivity index (χ4n) is 2.78. The number of unbranched alkanes of at least 4 members (excludes halogenated alkanes) is 8. The zero-order valence-corrected chi connectivity index (χ0v) is 15.9. The van der Waals surface area contributed by atoms with E-state index in [0.29, 0.717) is 6.42 Å². The maximum absolute atomic E-state index is 10.5. The van der Waals surface area contributed by atoms with Gasteiger partial charge in [0.25, 0.3) is 0 Å². The highest BCUT2D eigenvalue weighted by Gasteiger charge is 2.09. The fraction of sp³-hybridized carbons (Fsp3) is 0.727. The largest absolute Gasteiger partial charge is 0.396 e. The maximum atomic E-state index is 10.5. The molecule has 1 atom stereocenters. The van der Waals surface area contributed by atoms with E-state index in [1.165, 1.54) is 44.9 Å². The Labute approximate surface area is 150 Å². The van der Waals surface area contributed by atoms with Crippen molar-refractivity contribution in [3.8, 4) is 0 Å². The summed E-state index contributed by atoms with van der Waals surface area (Å²) in [4.78, 5) is 0. The molecule has 0 aliphatic rings. The Kier molecular flexibility index (Phi) is 17.8.